The Hall–Kier alpha value is -4.63. The molecule has 2 aliphatic rings. The van der Waals surface area contributed by atoms with Crippen molar-refractivity contribution in [3.63, 3.8) is 0 Å². The Morgan fingerprint density at radius 2 is 1.51 bits per heavy atom. The number of piperidine rings is 1. The molecule has 14 heteroatoms. The molecule has 2 aliphatic heterocycles. The van der Waals surface area contributed by atoms with Crippen LogP contribution in [0.3, 0.4) is 0 Å². The fourth-order valence-corrected chi connectivity index (χ4v) is 9.05. The maximum absolute atomic E-state index is 13.3. The number of nitrogens with one attached hydrogen (secondary N) is 2. The number of nitro benzene ring substituents is 1. The molecule has 292 valence electrons. The van der Waals surface area contributed by atoms with Gasteiger partial charge in [0.2, 0.25) is 0 Å². The molecule has 0 saturated carbocycles. The predicted octanol–water partition coefficient (Wildman–Crippen LogP) is 6.55. The van der Waals surface area contributed by atoms with Crippen molar-refractivity contribution in [3.05, 3.63) is 118 Å². The fraction of sp³-hybridized carbons (Fsp3) is 0.390. The molecule has 0 aliphatic carbocycles. The lowest BCUT2D eigenvalue weighted by molar-refractivity contribution is -0.384. The van der Waals surface area contributed by atoms with Crippen LogP contribution in [0.5, 0.6) is 0 Å². The third kappa shape index (κ3) is 11.0. The number of para-hydroxylation sites is 1. The van der Waals surface area contributed by atoms with Crippen molar-refractivity contribution in [1.82, 2.24) is 14.5 Å². The molecule has 2 N–H and O–H groups in total. The largest absolute Gasteiger partial charge is 0.381 e. The first-order chi connectivity index (χ1) is 26.6. The van der Waals surface area contributed by atoms with E-state index in [0.717, 1.165) is 63.2 Å². The molecule has 0 unspecified atom stereocenters. The first kappa shape index (κ1) is 40.0. The minimum absolute atomic E-state index is 0.0857. The number of carbonyl (C=O) groups is 1. The lowest BCUT2D eigenvalue weighted by Crippen LogP contribution is -2.46. The van der Waals surface area contributed by atoms with Crippen LogP contribution >= 0.6 is 11.8 Å². The van der Waals surface area contributed by atoms with Gasteiger partial charge < -0.3 is 20.0 Å². The number of sulfonamides is 1. The van der Waals surface area contributed by atoms with E-state index in [1.807, 2.05) is 37.2 Å². The van der Waals surface area contributed by atoms with Gasteiger partial charge in [-0.2, -0.15) is 0 Å². The van der Waals surface area contributed by atoms with Gasteiger partial charge in [-0.25, -0.2) is 13.1 Å². The zero-order chi connectivity index (χ0) is 38.8. The Labute approximate surface area is 329 Å². The van der Waals surface area contributed by atoms with Crippen LogP contribution in [-0.4, -0.2) is 101 Å². The van der Waals surface area contributed by atoms with Crippen molar-refractivity contribution < 1.29 is 18.1 Å². The molecule has 0 aromatic heterocycles. The van der Waals surface area contributed by atoms with Crippen LogP contribution in [0.4, 0.5) is 22.7 Å². The molecule has 1 amide bonds. The van der Waals surface area contributed by atoms with Crippen LogP contribution in [0.25, 0.3) is 0 Å². The molecule has 2 heterocycles. The van der Waals surface area contributed by atoms with Gasteiger partial charge in [0.05, 0.1) is 9.82 Å². The molecule has 0 radical (unpaired) electrons. The highest BCUT2D eigenvalue weighted by Gasteiger charge is 2.27. The third-order valence-electron chi connectivity index (χ3n) is 10.1. The second-order valence-electron chi connectivity index (χ2n) is 14.4. The van der Waals surface area contributed by atoms with Crippen molar-refractivity contribution >= 4 is 50.4 Å². The van der Waals surface area contributed by atoms with E-state index < -0.39 is 20.9 Å². The lowest BCUT2D eigenvalue weighted by Gasteiger charge is -2.37. The van der Waals surface area contributed by atoms with Crippen LogP contribution in [0, 0.1) is 10.1 Å². The molecule has 4 aromatic rings. The van der Waals surface area contributed by atoms with Crippen LogP contribution in [0.15, 0.2) is 107 Å². The Kier molecular flexibility index (Phi) is 13.7. The summed E-state index contributed by atoms with van der Waals surface area (Å²) in [4.78, 5) is 35.0. The van der Waals surface area contributed by atoms with Crippen LogP contribution in [-0.2, 0) is 16.6 Å². The third-order valence-corrected chi connectivity index (χ3v) is 12.6. The highest BCUT2D eigenvalue weighted by molar-refractivity contribution is 7.99. The van der Waals surface area contributed by atoms with E-state index in [0.29, 0.717) is 18.8 Å². The molecule has 12 nitrogen and oxygen atoms in total. The normalized spacial score (nSPS) is 15.8. The van der Waals surface area contributed by atoms with E-state index in [-0.39, 0.29) is 22.2 Å². The van der Waals surface area contributed by atoms with Crippen molar-refractivity contribution in [2.24, 2.45) is 0 Å². The summed E-state index contributed by atoms with van der Waals surface area (Å²) in [6, 6.07) is 29.3. The van der Waals surface area contributed by atoms with Crippen molar-refractivity contribution in [3.8, 4) is 0 Å². The van der Waals surface area contributed by atoms with Crippen molar-refractivity contribution in [1.29, 1.82) is 0 Å². The minimum Gasteiger partial charge on any atom is -0.381 e. The lowest BCUT2D eigenvalue weighted by atomic mass is 10.1. The average molecular weight is 786 g/mol. The van der Waals surface area contributed by atoms with Gasteiger partial charge in [-0.1, -0.05) is 36.4 Å². The fourth-order valence-electron chi connectivity index (χ4n) is 7.08. The standard InChI is InChI=1S/C41H51N7O5S2/c1-44(2)24-21-35(31-54-36-12-5-3-6-13-36)42-34-16-18-37(19-17-34)55(52,53)43-41(49)32-15-20-39(40(29-32)48(50)51)47-27-25-45(26-28-47)30-33-11-7-8-14-38(33)46-22-9-4-10-23-46/h3,5-8,11-20,29,35,42H,4,9-10,21-28,30-31H2,1-2H3,(H,43,49)/t35-/m1/s1. The first-order valence-corrected chi connectivity index (χ1v) is 21.4. The smallest absolute Gasteiger partial charge is 0.293 e. The van der Waals surface area contributed by atoms with Crippen LogP contribution in [0.1, 0.15) is 41.6 Å². The Morgan fingerprint density at radius 1 is 0.836 bits per heavy atom. The van der Waals surface area contributed by atoms with E-state index in [1.165, 1.54) is 53.6 Å². The van der Waals surface area contributed by atoms with E-state index in [4.69, 9.17) is 0 Å². The number of piperazine rings is 1. The summed E-state index contributed by atoms with van der Waals surface area (Å²) < 4.78 is 28.7. The summed E-state index contributed by atoms with van der Waals surface area (Å²) in [5, 5.41) is 15.8. The molecular weight excluding hydrogens is 735 g/mol. The summed E-state index contributed by atoms with van der Waals surface area (Å²) in [5.41, 5.74) is 3.41. The number of hydrogen-bond donors (Lipinski definition) is 2. The molecule has 1 atom stereocenters. The van der Waals surface area contributed by atoms with E-state index >= 15 is 0 Å². The van der Waals surface area contributed by atoms with E-state index in [9.17, 15) is 23.3 Å². The zero-order valence-corrected chi connectivity index (χ0v) is 33.2. The van der Waals surface area contributed by atoms with Crippen LogP contribution in [0.2, 0.25) is 0 Å². The number of amides is 1. The highest BCUT2D eigenvalue weighted by atomic mass is 32.2. The number of benzene rings is 4. The van der Waals surface area contributed by atoms with E-state index in [1.54, 1.807) is 30.0 Å². The zero-order valence-electron chi connectivity index (χ0n) is 31.6. The quantitative estimate of drug-likeness (QED) is 0.0729. The van der Waals surface area contributed by atoms with E-state index in [2.05, 4.69) is 61.1 Å². The molecule has 6 rings (SSSR count). The summed E-state index contributed by atoms with van der Waals surface area (Å²) in [7, 11) is -0.196. The van der Waals surface area contributed by atoms with Gasteiger partial charge in [-0.3, -0.25) is 19.8 Å². The molecule has 2 saturated heterocycles. The Balaban J connectivity index is 1.06. The maximum atomic E-state index is 13.3. The summed E-state index contributed by atoms with van der Waals surface area (Å²) in [5.74, 6) is -0.112. The summed E-state index contributed by atoms with van der Waals surface area (Å²) in [6.07, 6.45) is 4.58. The Morgan fingerprint density at radius 3 is 2.20 bits per heavy atom. The number of thioether (sulfide) groups is 1. The number of anilines is 3. The second kappa shape index (κ2) is 18.8. The Bertz CT molecular complexity index is 2000. The van der Waals surface area contributed by atoms with Crippen molar-refractivity contribution in [2.75, 3.05) is 80.8 Å². The number of hydrogen-bond acceptors (Lipinski definition) is 11. The van der Waals surface area contributed by atoms with Gasteiger partial charge in [0, 0.05) is 85.5 Å². The number of nitro groups is 1. The molecular formula is C41H51N7O5S2. The molecule has 4 aromatic carbocycles. The first-order valence-electron chi connectivity index (χ1n) is 18.9. The minimum atomic E-state index is -4.25. The number of rotatable bonds is 16. The number of carbonyl (C=O) groups excluding carboxylic acids is 1. The van der Waals surface area contributed by atoms with Gasteiger partial charge in [-0.15, -0.1) is 11.8 Å². The van der Waals surface area contributed by atoms with Gasteiger partial charge in [0.15, 0.2) is 0 Å². The topological polar surface area (TPSA) is 131 Å². The monoisotopic (exact) mass is 785 g/mol. The van der Waals surface area contributed by atoms with Gasteiger partial charge in [-0.05, 0) is 106 Å². The molecule has 0 bridgehead atoms. The molecule has 55 heavy (non-hydrogen) atoms. The van der Waals surface area contributed by atoms with Gasteiger partial charge in [0.25, 0.3) is 21.6 Å². The van der Waals surface area contributed by atoms with Crippen LogP contribution < -0.4 is 19.8 Å². The van der Waals surface area contributed by atoms with Crippen molar-refractivity contribution in [2.45, 2.75) is 48.1 Å². The maximum Gasteiger partial charge on any atom is 0.293 e. The number of nitrogens with zero attached hydrogens (tertiary/aromatic N) is 5. The summed E-state index contributed by atoms with van der Waals surface area (Å²) >= 11 is 1.76. The van der Waals surface area contributed by atoms with Gasteiger partial charge >= 0.3 is 0 Å². The average Bonchev–Trinajstić information content (AvgIpc) is 3.20. The predicted molar refractivity (Wildman–Crippen MR) is 222 cm³/mol. The van der Waals surface area contributed by atoms with Gasteiger partial charge in [0.1, 0.15) is 5.69 Å². The SMILES string of the molecule is CN(C)CC[C@H](CSc1ccccc1)Nc1ccc(S(=O)(=O)NC(=O)c2ccc(N3CCN(Cc4ccccc4N4CCCCC4)CC3)c([N+](=O)[O-])c2)cc1. The molecule has 2 fully saturated rings. The summed E-state index contributed by atoms with van der Waals surface area (Å²) in [6.45, 7) is 6.46. The highest BCUT2D eigenvalue weighted by Crippen LogP contribution is 2.32. The molecule has 0 spiro atoms. The second-order valence-corrected chi connectivity index (χ2v) is 17.2.